The van der Waals surface area contributed by atoms with Crippen molar-refractivity contribution in [2.75, 3.05) is 12.3 Å². The van der Waals surface area contributed by atoms with Gasteiger partial charge in [-0.3, -0.25) is 0 Å². The lowest BCUT2D eigenvalue weighted by Crippen LogP contribution is -2.10. The van der Waals surface area contributed by atoms with E-state index in [0.29, 0.717) is 5.56 Å². The third-order valence-corrected chi connectivity index (χ3v) is 3.07. The molecular weight excluding hydrogens is 330 g/mol. The number of carbonyl (C=O) groups is 1. The third-order valence-electron chi connectivity index (χ3n) is 3.07. The van der Waals surface area contributed by atoms with Gasteiger partial charge < -0.3 is 15.2 Å². The Bertz CT molecular complexity index is 737. The summed E-state index contributed by atoms with van der Waals surface area (Å²) in [4.78, 5) is 11.8. The van der Waals surface area contributed by atoms with E-state index < -0.39 is 24.2 Å². The predicted molar refractivity (Wildman–Crippen MR) is 77.8 cm³/mol. The molecule has 0 bridgehead atoms. The van der Waals surface area contributed by atoms with Crippen LogP contribution in [0.25, 0.3) is 0 Å². The number of ether oxygens (including phenoxy) is 2. The van der Waals surface area contributed by atoms with Crippen molar-refractivity contribution in [1.82, 2.24) is 0 Å². The van der Waals surface area contributed by atoms with Crippen LogP contribution in [-0.4, -0.2) is 19.2 Å². The van der Waals surface area contributed by atoms with Crippen molar-refractivity contribution in [2.24, 2.45) is 0 Å². The van der Waals surface area contributed by atoms with Crippen LogP contribution in [0.2, 0.25) is 0 Å². The van der Waals surface area contributed by atoms with E-state index in [2.05, 4.69) is 4.74 Å². The quantitative estimate of drug-likeness (QED) is 0.495. The molecule has 0 amide bonds. The molecule has 4 nitrogen and oxygen atoms in total. The summed E-state index contributed by atoms with van der Waals surface area (Å²) in [5.41, 5.74) is 5.90. The Labute approximate surface area is 134 Å². The second kappa shape index (κ2) is 7.67. The lowest BCUT2D eigenvalue weighted by molar-refractivity contribution is -0.0493. The Morgan fingerprint density at radius 2 is 1.83 bits per heavy atom. The molecule has 24 heavy (non-hydrogen) atoms. The number of carbonyl (C=O) groups excluding carboxylic acids is 1. The molecule has 2 aromatic carbocycles. The summed E-state index contributed by atoms with van der Waals surface area (Å²) >= 11 is 0. The molecule has 0 aromatic heterocycles. The highest BCUT2D eigenvalue weighted by atomic mass is 19.3. The Balaban J connectivity index is 1.92. The van der Waals surface area contributed by atoms with E-state index >= 15 is 0 Å². The van der Waals surface area contributed by atoms with Gasteiger partial charge in [0.1, 0.15) is 5.75 Å². The minimum absolute atomic E-state index is 0.0550. The molecule has 0 aliphatic heterocycles. The van der Waals surface area contributed by atoms with E-state index in [1.165, 1.54) is 12.1 Å². The largest absolute Gasteiger partial charge is 0.462 e. The van der Waals surface area contributed by atoms with Crippen LogP contribution in [-0.2, 0) is 11.2 Å². The highest BCUT2D eigenvalue weighted by Gasteiger charge is 2.13. The first-order valence-corrected chi connectivity index (χ1v) is 6.82. The lowest BCUT2D eigenvalue weighted by atomic mass is 10.1. The number of anilines is 1. The summed E-state index contributed by atoms with van der Waals surface area (Å²) in [6.45, 7) is -3.10. The van der Waals surface area contributed by atoms with E-state index in [1.54, 1.807) is 0 Å². The second-order valence-corrected chi connectivity index (χ2v) is 4.77. The SMILES string of the molecule is Nc1cc(C(=O)OCCc2ccc(F)c(F)c2)ccc1OC(F)F. The van der Waals surface area contributed by atoms with Crippen molar-refractivity contribution >= 4 is 11.7 Å². The Kier molecular flexibility index (Phi) is 5.62. The monoisotopic (exact) mass is 343 g/mol. The predicted octanol–water partition coefficient (Wildman–Crippen LogP) is 3.55. The van der Waals surface area contributed by atoms with Crippen molar-refractivity contribution in [3.05, 3.63) is 59.2 Å². The molecule has 0 saturated carbocycles. The van der Waals surface area contributed by atoms with Gasteiger partial charge in [-0.15, -0.1) is 0 Å². The van der Waals surface area contributed by atoms with Crippen molar-refractivity contribution < 1.29 is 31.8 Å². The van der Waals surface area contributed by atoms with Gasteiger partial charge in [0, 0.05) is 6.42 Å². The first kappa shape index (κ1) is 17.6. The van der Waals surface area contributed by atoms with Gasteiger partial charge in [-0.25, -0.2) is 13.6 Å². The van der Waals surface area contributed by atoms with Crippen LogP contribution in [0.5, 0.6) is 5.75 Å². The fourth-order valence-electron chi connectivity index (χ4n) is 1.92. The number of esters is 1. The summed E-state index contributed by atoms with van der Waals surface area (Å²) < 4.78 is 59.2. The van der Waals surface area contributed by atoms with E-state index in [9.17, 15) is 22.4 Å². The van der Waals surface area contributed by atoms with Crippen LogP contribution in [0.4, 0.5) is 23.2 Å². The second-order valence-electron chi connectivity index (χ2n) is 4.77. The first-order valence-electron chi connectivity index (χ1n) is 6.82. The van der Waals surface area contributed by atoms with E-state index in [1.807, 2.05) is 0 Å². The van der Waals surface area contributed by atoms with Crippen LogP contribution in [0, 0.1) is 11.6 Å². The smallest absolute Gasteiger partial charge is 0.387 e. The minimum Gasteiger partial charge on any atom is -0.462 e. The molecule has 0 aliphatic rings. The zero-order valence-electron chi connectivity index (χ0n) is 12.3. The van der Waals surface area contributed by atoms with Gasteiger partial charge in [0.05, 0.1) is 17.9 Å². The molecule has 0 atom stereocenters. The third kappa shape index (κ3) is 4.61. The van der Waals surface area contributed by atoms with Crippen molar-refractivity contribution in [3.63, 3.8) is 0 Å². The zero-order chi connectivity index (χ0) is 17.7. The Hall–Kier alpha value is -2.77. The molecule has 0 heterocycles. The molecule has 128 valence electrons. The van der Waals surface area contributed by atoms with Crippen molar-refractivity contribution in [2.45, 2.75) is 13.0 Å². The summed E-state index contributed by atoms with van der Waals surface area (Å²) in [6, 6.07) is 6.88. The molecule has 0 radical (unpaired) electrons. The normalized spacial score (nSPS) is 10.7. The number of nitrogen functional groups attached to an aromatic ring is 1. The lowest BCUT2D eigenvalue weighted by Gasteiger charge is -2.09. The van der Waals surface area contributed by atoms with Crippen molar-refractivity contribution in [3.8, 4) is 5.75 Å². The molecule has 0 unspecified atom stereocenters. The topological polar surface area (TPSA) is 61.6 Å². The molecule has 2 aromatic rings. The van der Waals surface area contributed by atoms with Crippen LogP contribution >= 0.6 is 0 Å². The van der Waals surface area contributed by atoms with Crippen LogP contribution in [0.3, 0.4) is 0 Å². The van der Waals surface area contributed by atoms with E-state index in [0.717, 1.165) is 24.3 Å². The number of hydrogen-bond donors (Lipinski definition) is 1. The number of halogens is 4. The maximum atomic E-state index is 13.0. The number of benzene rings is 2. The molecule has 0 spiro atoms. The number of alkyl halides is 2. The first-order chi connectivity index (χ1) is 11.4. The van der Waals surface area contributed by atoms with Gasteiger partial charge in [-0.2, -0.15) is 8.78 Å². The highest BCUT2D eigenvalue weighted by molar-refractivity contribution is 5.91. The maximum Gasteiger partial charge on any atom is 0.387 e. The van der Waals surface area contributed by atoms with E-state index in [4.69, 9.17) is 10.5 Å². The average Bonchev–Trinajstić information content (AvgIpc) is 2.52. The van der Waals surface area contributed by atoms with Gasteiger partial charge >= 0.3 is 12.6 Å². The minimum atomic E-state index is -3.03. The molecule has 0 aliphatic carbocycles. The summed E-state index contributed by atoms with van der Waals surface area (Å²) in [5, 5.41) is 0. The maximum absolute atomic E-state index is 13.0. The van der Waals surface area contributed by atoms with Crippen LogP contribution < -0.4 is 10.5 Å². The van der Waals surface area contributed by atoms with Crippen LogP contribution in [0.1, 0.15) is 15.9 Å². The molecular formula is C16H13F4NO3. The fourth-order valence-corrected chi connectivity index (χ4v) is 1.92. The zero-order valence-corrected chi connectivity index (χ0v) is 12.3. The molecule has 2 rings (SSSR count). The van der Waals surface area contributed by atoms with Gasteiger partial charge in [0.15, 0.2) is 11.6 Å². The summed E-state index contributed by atoms with van der Waals surface area (Å²) in [6.07, 6.45) is 0.186. The molecule has 2 N–H and O–H groups in total. The Morgan fingerprint density at radius 1 is 1.08 bits per heavy atom. The van der Waals surface area contributed by atoms with Crippen molar-refractivity contribution in [1.29, 1.82) is 0 Å². The average molecular weight is 343 g/mol. The Morgan fingerprint density at radius 3 is 2.46 bits per heavy atom. The summed E-state index contributed by atoms with van der Waals surface area (Å²) in [7, 11) is 0. The van der Waals surface area contributed by atoms with Gasteiger partial charge in [-0.1, -0.05) is 6.07 Å². The number of hydrogen-bond acceptors (Lipinski definition) is 4. The highest BCUT2D eigenvalue weighted by Crippen LogP contribution is 2.24. The van der Waals surface area contributed by atoms with Gasteiger partial charge in [0.2, 0.25) is 0 Å². The molecule has 0 fully saturated rings. The van der Waals surface area contributed by atoms with Crippen LogP contribution in [0.15, 0.2) is 36.4 Å². The molecule has 0 saturated heterocycles. The number of nitrogens with two attached hydrogens (primary N) is 1. The van der Waals surface area contributed by atoms with E-state index in [-0.39, 0.29) is 30.0 Å². The standard InChI is InChI=1S/C16H13F4NO3/c17-11-3-1-9(7-12(11)18)5-6-23-15(22)10-2-4-14(13(21)8-10)24-16(19)20/h1-4,7-8,16H,5-6,21H2. The molecule has 8 heteroatoms. The fraction of sp³-hybridized carbons (Fsp3) is 0.188. The van der Waals surface area contributed by atoms with Gasteiger partial charge in [0.25, 0.3) is 0 Å². The van der Waals surface area contributed by atoms with Gasteiger partial charge in [-0.05, 0) is 35.9 Å². The summed E-state index contributed by atoms with van der Waals surface area (Å²) in [5.74, 6) is -2.92. The number of rotatable bonds is 6.